The summed E-state index contributed by atoms with van der Waals surface area (Å²) in [6.07, 6.45) is 0. The van der Waals surface area contributed by atoms with E-state index in [1.165, 1.54) is 23.0 Å². The van der Waals surface area contributed by atoms with E-state index in [9.17, 15) is 0 Å². The van der Waals surface area contributed by atoms with E-state index in [0.29, 0.717) is 0 Å². The molecule has 0 atom stereocenters. The molecule has 0 spiro atoms. The fourth-order valence-corrected chi connectivity index (χ4v) is 8.01. The standard InChI is InChI=1S/C15H16N2.CH3.Ga/c1-17(15-10-6-3-7-11-15)13-12-16-14-8-4-2-5-9-14;;/h2-11H,1,12-13H2;1H3;/q-1;;+1. The van der Waals surface area contributed by atoms with Crippen LogP contribution < -0.4 is 8.51 Å². The molecule has 19 heavy (non-hydrogen) atoms. The topological polar surface area (TPSA) is 6.48 Å². The van der Waals surface area contributed by atoms with Crippen LogP contribution in [0.4, 0.5) is 11.4 Å². The number of anilines is 2. The van der Waals surface area contributed by atoms with Gasteiger partial charge in [-0.15, -0.1) is 0 Å². The number of benzene rings is 2. The van der Waals surface area contributed by atoms with Gasteiger partial charge < -0.3 is 0 Å². The van der Waals surface area contributed by atoms with Crippen molar-refractivity contribution in [2.75, 3.05) is 26.7 Å². The summed E-state index contributed by atoms with van der Waals surface area (Å²) in [7, 11) is 0. The van der Waals surface area contributed by atoms with Crippen LogP contribution in [0.1, 0.15) is 0 Å². The Morgan fingerprint density at radius 2 is 1.37 bits per heavy atom. The first-order chi connectivity index (χ1) is 9.34. The normalized spacial score (nSPS) is 15.7. The van der Waals surface area contributed by atoms with Gasteiger partial charge in [0.25, 0.3) is 0 Å². The van der Waals surface area contributed by atoms with Crippen molar-refractivity contribution >= 4 is 27.8 Å². The summed E-state index contributed by atoms with van der Waals surface area (Å²) in [5.74, 6) is 0. The van der Waals surface area contributed by atoms with Crippen LogP contribution in [0.15, 0.2) is 60.7 Å². The van der Waals surface area contributed by atoms with Gasteiger partial charge in [-0.05, 0) is 0 Å². The van der Waals surface area contributed by atoms with Crippen molar-refractivity contribution in [3.8, 4) is 0 Å². The summed E-state index contributed by atoms with van der Waals surface area (Å²) < 4.78 is 2.69. The molecule has 0 amide bonds. The minimum atomic E-state index is -1.41. The molecule has 3 heteroatoms. The van der Waals surface area contributed by atoms with Crippen molar-refractivity contribution in [3.05, 3.63) is 60.7 Å². The van der Waals surface area contributed by atoms with Crippen LogP contribution in [0.25, 0.3) is 0 Å². The molecule has 96 valence electrons. The Morgan fingerprint density at radius 1 is 0.789 bits per heavy atom. The van der Waals surface area contributed by atoms with Crippen LogP contribution in [-0.2, 0) is 0 Å². The second-order valence-corrected chi connectivity index (χ2v) is 10.8. The number of hydrogen-bond donors (Lipinski definition) is 0. The molecule has 2 aromatic rings. The van der Waals surface area contributed by atoms with E-state index >= 15 is 0 Å². The summed E-state index contributed by atoms with van der Waals surface area (Å²) in [5, 5.41) is 1.27. The predicted octanol–water partition coefficient (Wildman–Crippen LogP) is 3.17. The monoisotopic (exact) mass is 308 g/mol. The van der Waals surface area contributed by atoms with E-state index < -0.39 is 16.5 Å². The molecule has 1 aliphatic heterocycles. The summed E-state index contributed by atoms with van der Waals surface area (Å²) in [6.45, 7) is 2.30. The first kappa shape index (κ1) is 12.7. The van der Waals surface area contributed by atoms with Crippen molar-refractivity contribution in [1.82, 2.24) is 0 Å². The van der Waals surface area contributed by atoms with Crippen molar-refractivity contribution in [1.29, 1.82) is 0 Å². The van der Waals surface area contributed by atoms with Gasteiger partial charge in [-0.1, -0.05) is 0 Å². The number of rotatable bonds is 2. The molecule has 0 saturated carbocycles. The fourth-order valence-electron chi connectivity index (χ4n) is 2.83. The summed E-state index contributed by atoms with van der Waals surface area (Å²) in [4.78, 5) is 2.56. The van der Waals surface area contributed by atoms with Crippen LogP contribution in [0.5, 0.6) is 0 Å². The Labute approximate surface area is 121 Å². The average Bonchev–Trinajstić information content (AvgIpc) is 2.49. The molecular weight excluding hydrogens is 290 g/mol. The molecule has 0 aromatic heterocycles. The van der Waals surface area contributed by atoms with Gasteiger partial charge >= 0.3 is 121 Å². The summed E-state index contributed by atoms with van der Waals surface area (Å²) in [6, 6.07) is 21.7. The first-order valence-corrected chi connectivity index (χ1v) is 12.2. The third kappa shape index (κ3) is 2.82. The van der Waals surface area contributed by atoms with E-state index in [4.69, 9.17) is 0 Å². The molecule has 3 rings (SSSR count). The second-order valence-electron chi connectivity index (χ2n) is 5.16. The zero-order valence-electron chi connectivity index (χ0n) is 11.4. The number of hydrogen-bond acceptors (Lipinski definition) is 2. The molecule has 0 N–H and O–H groups in total. The molecule has 1 aliphatic rings. The van der Waals surface area contributed by atoms with Crippen LogP contribution >= 0.6 is 0 Å². The third-order valence-corrected chi connectivity index (χ3v) is 9.27. The Morgan fingerprint density at radius 3 is 1.95 bits per heavy atom. The van der Waals surface area contributed by atoms with Crippen molar-refractivity contribution in [3.63, 3.8) is 0 Å². The quantitative estimate of drug-likeness (QED) is 0.786. The van der Waals surface area contributed by atoms with E-state index in [0.717, 1.165) is 6.54 Å². The number of nitrogens with zero attached hydrogens (tertiary/aromatic N) is 2. The first-order valence-electron chi connectivity index (χ1n) is 6.96. The molecule has 0 bridgehead atoms. The maximum absolute atomic E-state index is 2.69. The van der Waals surface area contributed by atoms with Crippen LogP contribution in [0.2, 0.25) is 5.48 Å². The Hall–Kier alpha value is -1.32. The van der Waals surface area contributed by atoms with Crippen LogP contribution in [0.3, 0.4) is 0 Å². The van der Waals surface area contributed by atoms with Gasteiger partial charge in [0.15, 0.2) is 0 Å². The van der Waals surface area contributed by atoms with Gasteiger partial charge in [0.05, 0.1) is 0 Å². The summed E-state index contributed by atoms with van der Waals surface area (Å²) in [5.41, 5.74) is 5.30. The molecule has 1 fully saturated rings. The van der Waals surface area contributed by atoms with Crippen LogP contribution in [0, 0.1) is 0 Å². The number of para-hydroxylation sites is 2. The SMILES string of the molecule is [CH3][Ga]1[CH2]N(c2ccccc2)CC[N]1c1ccccc1. The van der Waals surface area contributed by atoms with E-state index in [1.807, 2.05) is 0 Å². The fraction of sp³-hybridized carbons (Fsp3) is 0.250. The molecule has 0 unspecified atom stereocenters. The summed E-state index contributed by atoms with van der Waals surface area (Å²) >= 11 is -1.41. The Balaban J connectivity index is 1.73. The van der Waals surface area contributed by atoms with Crippen LogP contribution in [-0.4, -0.2) is 34.6 Å². The zero-order valence-corrected chi connectivity index (χ0v) is 13.8. The van der Waals surface area contributed by atoms with Gasteiger partial charge in [-0.3, -0.25) is 0 Å². The van der Waals surface area contributed by atoms with Gasteiger partial charge in [0.1, 0.15) is 0 Å². The molecule has 0 aliphatic carbocycles. The maximum atomic E-state index is 2.69. The zero-order chi connectivity index (χ0) is 13.1. The average molecular weight is 309 g/mol. The van der Waals surface area contributed by atoms with Gasteiger partial charge in [0, 0.05) is 0 Å². The Bertz CT molecular complexity index is 515. The molecule has 0 radical (unpaired) electrons. The van der Waals surface area contributed by atoms with E-state index in [-0.39, 0.29) is 0 Å². The van der Waals surface area contributed by atoms with Crippen molar-refractivity contribution in [2.45, 2.75) is 5.48 Å². The van der Waals surface area contributed by atoms with Crippen molar-refractivity contribution < 1.29 is 0 Å². The van der Waals surface area contributed by atoms with Gasteiger partial charge in [-0.25, -0.2) is 0 Å². The van der Waals surface area contributed by atoms with E-state index in [2.05, 4.69) is 74.6 Å². The van der Waals surface area contributed by atoms with E-state index in [1.54, 1.807) is 0 Å². The second kappa shape index (κ2) is 5.76. The molecule has 1 heterocycles. The minimum absolute atomic E-state index is 1.13. The van der Waals surface area contributed by atoms with Gasteiger partial charge in [-0.2, -0.15) is 0 Å². The molecule has 2 nitrogen and oxygen atoms in total. The predicted molar refractivity (Wildman–Crippen MR) is 84.1 cm³/mol. The molecule has 2 aromatic carbocycles. The van der Waals surface area contributed by atoms with Gasteiger partial charge in [0.2, 0.25) is 0 Å². The third-order valence-electron chi connectivity index (χ3n) is 3.84. The molecular formula is C16H19GaN2. The van der Waals surface area contributed by atoms with Crippen molar-refractivity contribution in [2.24, 2.45) is 0 Å². The molecule has 1 saturated heterocycles. The Kier molecular flexibility index (Phi) is 3.85.